The molecule has 2 aromatic heterocycles. The van der Waals surface area contributed by atoms with E-state index in [1.165, 1.54) is 0 Å². The van der Waals surface area contributed by atoms with E-state index >= 15 is 0 Å². The van der Waals surface area contributed by atoms with E-state index in [4.69, 9.17) is 0 Å². The molecular weight excluding hydrogens is 310 g/mol. The number of carbonyl (C=O) groups is 1. The van der Waals surface area contributed by atoms with E-state index in [0.29, 0.717) is 5.69 Å². The third-order valence-electron chi connectivity index (χ3n) is 4.63. The number of benzene rings is 2. The quantitative estimate of drug-likeness (QED) is 0.584. The Kier molecular flexibility index (Phi) is 3.53. The van der Waals surface area contributed by atoms with E-state index in [9.17, 15) is 4.79 Å². The molecule has 2 heterocycles. The van der Waals surface area contributed by atoms with Crippen molar-refractivity contribution >= 4 is 33.4 Å². The van der Waals surface area contributed by atoms with Crippen molar-refractivity contribution in [2.45, 2.75) is 13.8 Å². The highest BCUT2D eigenvalue weighted by atomic mass is 16.2. The van der Waals surface area contributed by atoms with Crippen LogP contribution in [0.4, 0.5) is 5.69 Å². The summed E-state index contributed by atoms with van der Waals surface area (Å²) in [6.45, 7) is 4.04. The molecule has 4 nitrogen and oxygen atoms in total. The van der Waals surface area contributed by atoms with Gasteiger partial charge in [-0.25, -0.2) is 0 Å². The monoisotopic (exact) mass is 329 g/mol. The number of aromatic amines is 1. The van der Waals surface area contributed by atoms with Gasteiger partial charge in [0.1, 0.15) is 5.69 Å². The minimum absolute atomic E-state index is 0.0611. The van der Waals surface area contributed by atoms with Crippen molar-refractivity contribution in [2.24, 2.45) is 0 Å². The van der Waals surface area contributed by atoms with Crippen molar-refractivity contribution in [3.05, 3.63) is 71.5 Å². The normalized spacial score (nSPS) is 11.2. The molecule has 4 heteroatoms. The molecule has 1 amide bonds. The number of aryl methyl sites for hydroxylation is 2. The molecule has 25 heavy (non-hydrogen) atoms. The SMILES string of the molecule is Cc1ccc(C)c(N(C)C(=O)c2cc3ccc4cccnc4c3[nH]2)c1. The van der Waals surface area contributed by atoms with Gasteiger partial charge in [-0.15, -0.1) is 0 Å². The van der Waals surface area contributed by atoms with E-state index < -0.39 is 0 Å². The molecule has 1 N–H and O–H groups in total. The van der Waals surface area contributed by atoms with Gasteiger partial charge >= 0.3 is 0 Å². The van der Waals surface area contributed by atoms with Crippen LogP contribution in [0.15, 0.2) is 54.7 Å². The maximum atomic E-state index is 13.0. The van der Waals surface area contributed by atoms with Crippen LogP contribution in [0.2, 0.25) is 0 Å². The van der Waals surface area contributed by atoms with Crippen LogP contribution in [-0.4, -0.2) is 22.9 Å². The van der Waals surface area contributed by atoms with Gasteiger partial charge in [-0.1, -0.05) is 30.3 Å². The predicted molar refractivity (Wildman–Crippen MR) is 102 cm³/mol. The Bertz CT molecular complexity index is 1110. The van der Waals surface area contributed by atoms with Gasteiger partial charge in [0.05, 0.1) is 11.0 Å². The second-order valence-corrected chi connectivity index (χ2v) is 6.44. The third kappa shape index (κ3) is 2.56. The number of H-pyrrole nitrogens is 1. The summed E-state index contributed by atoms with van der Waals surface area (Å²) >= 11 is 0. The summed E-state index contributed by atoms with van der Waals surface area (Å²) in [5, 5.41) is 2.04. The van der Waals surface area contributed by atoms with Gasteiger partial charge in [-0.3, -0.25) is 9.78 Å². The molecular formula is C21H19N3O. The number of nitrogens with zero attached hydrogens (tertiary/aromatic N) is 2. The fraction of sp³-hybridized carbons (Fsp3) is 0.143. The Morgan fingerprint density at radius 3 is 2.68 bits per heavy atom. The first kappa shape index (κ1) is 15.4. The average Bonchev–Trinajstić information content (AvgIpc) is 3.07. The zero-order valence-corrected chi connectivity index (χ0v) is 14.5. The van der Waals surface area contributed by atoms with E-state index in [1.54, 1.807) is 11.1 Å². The summed E-state index contributed by atoms with van der Waals surface area (Å²) in [6.07, 6.45) is 1.77. The summed E-state index contributed by atoms with van der Waals surface area (Å²) < 4.78 is 0. The van der Waals surface area contributed by atoms with Crippen molar-refractivity contribution in [2.75, 3.05) is 11.9 Å². The number of amides is 1. The Morgan fingerprint density at radius 2 is 1.84 bits per heavy atom. The molecule has 2 aromatic carbocycles. The highest BCUT2D eigenvalue weighted by Crippen LogP contribution is 2.26. The Morgan fingerprint density at radius 1 is 1.04 bits per heavy atom. The van der Waals surface area contributed by atoms with Crippen LogP contribution in [0.3, 0.4) is 0 Å². The lowest BCUT2D eigenvalue weighted by Crippen LogP contribution is -2.27. The maximum Gasteiger partial charge on any atom is 0.274 e. The van der Waals surface area contributed by atoms with E-state index in [2.05, 4.69) is 16.0 Å². The molecule has 0 atom stereocenters. The second kappa shape index (κ2) is 5.74. The van der Waals surface area contributed by atoms with Gasteiger partial charge in [0.2, 0.25) is 0 Å². The summed E-state index contributed by atoms with van der Waals surface area (Å²) in [7, 11) is 1.81. The van der Waals surface area contributed by atoms with Crippen LogP contribution in [-0.2, 0) is 0 Å². The molecule has 4 rings (SSSR count). The highest BCUT2D eigenvalue weighted by molar-refractivity contribution is 6.11. The average molecular weight is 329 g/mol. The standard InChI is InChI=1S/C21H19N3O/c1-13-6-7-14(2)18(11-13)24(3)21(25)17-12-16-9-8-15-5-4-10-22-19(15)20(16)23-17/h4-12,23H,1-3H3. The van der Waals surface area contributed by atoms with Crippen molar-refractivity contribution in [1.82, 2.24) is 9.97 Å². The largest absolute Gasteiger partial charge is 0.349 e. The van der Waals surface area contributed by atoms with Crippen molar-refractivity contribution in [1.29, 1.82) is 0 Å². The van der Waals surface area contributed by atoms with Gasteiger partial charge < -0.3 is 9.88 Å². The minimum Gasteiger partial charge on any atom is -0.349 e. The Labute approximate surface area is 146 Å². The van der Waals surface area contributed by atoms with Gasteiger partial charge in [-0.05, 0) is 43.2 Å². The second-order valence-electron chi connectivity index (χ2n) is 6.44. The van der Waals surface area contributed by atoms with Crippen LogP contribution in [0.1, 0.15) is 21.6 Å². The van der Waals surface area contributed by atoms with E-state index in [-0.39, 0.29) is 5.91 Å². The van der Waals surface area contributed by atoms with Gasteiger partial charge in [0, 0.05) is 29.7 Å². The molecule has 0 aliphatic carbocycles. The maximum absolute atomic E-state index is 13.0. The lowest BCUT2D eigenvalue weighted by atomic mass is 10.1. The number of pyridine rings is 1. The first-order chi connectivity index (χ1) is 12.0. The molecule has 4 aromatic rings. The van der Waals surface area contributed by atoms with Crippen LogP contribution >= 0.6 is 0 Å². The number of anilines is 1. The first-order valence-corrected chi connectivity index (χ1v) is 8.26. The predicted octanol–water partition coefficient (Wildman–Crippen LogP) is 4.61. The number of carbonyl (C=O) groups excluding carboxylic acids is 1. The fourth-order valence-electron chi connectivity index (χ4n) is 3.22. The van der Waals surface area contributed by atoms with Crippen LogP contribution < -0.4 is 4.90 Å². The third-order valence-corrected chi connectivity index (χ3v) is 4.63. The van der Waals surface area contributed by atoms with Crippen LogP contribution in [0, 0.1) is 13.8 Å². The van der Waals surface area contributed by atoms with Crippen LogP contribution in [0.25, 0.3) is 21.8 Å². The molecule has 0 radical (unpaired) electrons. The van der Waals surface area contributed by atoms with Crippen molar-refractivity contribution in [3.63, 3.8) is 0 Å². The zero-order chi connectivity index (χ0) is 17.6. The highest BCUT2D eigenvalue weighted by Gasteiger charge is 2.18. The summed E-state index contributed by atoms with van der Waals surface area (Å²) in [6, 6.07) is 16.0. The molecule has 0 aliphatic heterocycles. The Hall–Kier alpha value is -3.14. The van der Waals surface area contributed by atoms with Crippen molar-refractivity contribution < 1.29 is 4.79 Å². The molecule has 0 bridgehead atoms. The number of nitrogens with one attached hydrogen (secondary N) is 1. The molecule has 0 unspecified atom stereocenters. The lowest BCUT2D eigenvalue weighted by molar-refractivity contribution is 0.0989. The number of rotatable bonds is 2. The topological polar surface area (TPSA) is 49.0 Å². The molecule has 0 aliphatic rings. The molecule has 0 saturated carbocycles. The molecule has 0 saturated heterocycles. The molecule has 0 spiro atoms. The molecule has 0 fully saturated rings. The summed E-state index contributed by atoms with van der Waals surface area (Å²) in [5.41, 5.74) is 5.48. The number of hydrogen-bond acceptors (Lipinski definition) is 2. The Balaban J connectivity index is 1.79. The van der Waals surface area contributed by atoms with Gasteiger partial charge in [0.25, 0.3) is 5.91 Å². The summed E-state index contributed by atoms with van der Waals surface area (Å²) in [5.74, 6) is -0.0611. The smallest absolute Gasteiger partial charge is 0.274 e. The number of hydrogen-bond donors (Lipinski definition) is 1. The summed E-state index contributed by atoms with van der Waals surface area (Å²) in [4.78, 5) is 22.4. The first-order valence-electron chi connectivity index (χ1n) is 8.26. The van der Waals surface area contributed by atoms with Gasteiger partial charge in [0.15, 0.2) is 0 Å². The molecule has 124 valence electrons. The number of aromatic nitrogens is 2. The van der Waals surface area contributed by atoms with Crippen LogP contribution in [0.5, 0.6) is 0 Å². The van der Waals surface area contributed by atoms with Gasteiger partial charge in [-0.2, -0.15) is 0 Å². The minimum atomic E-state index is -0.0611. The fourth-order valence-corrected chi connectivity index (χ4v) is 3.22. The zero-order valence-electron chi connectivity index (χ0n) is 14.5. The lowest BCUT2D eigenvalue weighted by Gasteiger charge is -2.19. The van der Waals surface area contributed by atoms with E-state index in [0.717, 1.165) is 38.6 Å². The van der Waals surface area contributed by atoms with E-state index in [1.807, 2.05) is 63.4 Å². The van der Waals surface area contributed by atoms with Crippen molar-refractivity contribution in [3.8, 4) is 0 Å². The number of fused-ring (bicyclic) bond motifs is 3.